The third-order valence-electron chi connectivity index (χ3n) is 1.39. The van der Waals surface area contributed by atoms with Crippen molar-refractivity contribution in [2.45, 2.75) is 0 Å². The van der Waals surface area contributed by atoms with Crippen LogP contribution in [0.2, 0.25) is 0 Å². The largest absolute Gasteiger partial charge is 0.412 e. The summed E-state index contributed by atoms with van der Waals surface area (Å²) < 4.78 is 0. The molecule has 0 saturated heterocycles. The van der Waals surface area contributed by atoms with Crippen molar-refractivity contribution in [3.8, 4) is 5.75 Å². The lowest BCUT2D eigenvalue weighted by Gasteiger charge is -1.99. The molecule has 0 heterocycles. The molecule has 1 rings (SSSR count). The molecule has 0 amide bonds. The molecule has 0 fully saturated rings. The number of hydrogen-bond donors (Lipinski definition) is 3. The summed E-state index contributed by atoms with van der Waals surface area (Å²) in [6, 6.07) is 6.51. The first-order valence-electron chi connectivity index (χ1n) is 3.22. The molecule has 0 aliphatic heterocycles. The number of nitrogens with zero attached hydrogens (tertiary/aromatic N) is 1. The normalized spacial score (nSPS) is 11.2. The van der Waals surface area contributed by atoms with Crippen molar-refractivity contribution in [2.75, 3.05) is 0 Å². The van der Waals surface area contributed by atoms with Gasteiger partial charge in [0.25, 0.3) is 0 Å². The Morgan fingerprint density at radius 1 is 1.33 bits per heavy atom. The molecule has 1 aromatic carbocycles. The Balaban J connectivity index is 2.92. The average Bonchev–Trinajstić information content (AvgIpc) is 2.17. The Kier molecular flexibility index (Phi) is 2.49. The van der Waals surface area contributed by atoms with Crippen LogP contribution < -0.4 is 16.5 Å². The standard InChI is InChI=1S/C7H9N3O2/c8-7(10-11)5-1-3-6(12-9)4-2-5/h1-4,11H,9H2,(H2,8,10). The SMILES string of the molecule is NOc1ccc(/C(N)=N/O)cc1. The van der Waals surface area contributed by atoms with Crippen molar-refractivity contribution in [1.29, 1.82) is 0 Å². The lowest BCUT2D eigenvalue weighted by Crippen LogP contribution is -2.12. The molecule has 12 heavy (non-hydrogen) atoms. The van der Waals surface area contributed by atoms with E-state index in [1.807, 2.05) is 0 Å². The summed E-state index contributed by atoms with van der Waals surface area (Å²) in [5.74, 6) is 5.47. The number of amidine groups is 1. The summed E-state index contributed by atoms with van der Waals surface area (Å²) in [5, 5.41) is 11.2. The van der Waals surface area contributed by atoms with Gasteiger partial charge >= 0.3 is 0 Å². The second kappa shape index (κ2) is 3.59. The van der Waals surface area contributed by atoms with E-state index < -0.39 is 0 Å². The highest BCUT2D eigenvalue weighted by Gasteiger charge is 1.98. The molecule has 5 N–H and O–H groups in total. The van der Waals surface area contributed by atoms with Crippen molar-refractivity contribution in [2.24, 2.45) is 16.8 Å². The van der Waals surface area contributed by atoms with Gasteiger partial charge in [0, 0.05) is 5.56 Å². The van der Waals surface area contributed by atoms with Crippen LogP contribution in [0.5, 0.6) is 5.75 Å². The third kappa shape index (κ3) is 1.64. The summed E-state index contributed by atoms with van der Waals surface area (Å²) >= 11 is 0. The zero-order valence-corrected chi connectivity index (χ0v) is 6.27. The van der Waals surface area contributed by atoms with Crippen molar-refractivity contribution in [1.82, 2.24) is 0 Å². The maximum absolute atomic E-state index is 8.32. The number of benzene rings is 1. The van der Waals surface area contributed by atoms with Crippen LogP contribution in [0.15, 0.2) is 29.4 Å². The minimum absolute atomic E-state index is 0.0542. The quantitative estimate of drug-likeness (QED) is 0.251. The zero-order valence-electron chi connectivity index (χ0n) is 6.27. The van der Waals surface area contributed by atoms with Crippen LogP contribution in [0.25, 0.3) is 0 Å². The van der Waals surface area contributed by atoms with E-state index in [4.69, 9.17) is 16.8 Å². The zero-order chi connectivity index (χ0) is 8.97. The monoisotopic (exact) mass is 167 g/mol. The van der Waals surface area contributed by atoms with E-state index in [0.29, 0.717) is 11.3 Å². The highest BCUT2D eigenvalue weighted by molar-refractivity contribution is 5.97. The molecule has 0 aliphatic carbocycles. The van der Waals surface area contributed by atoms with E-state index in [2.05, 4.69) is 9.99 Å². The van der Waals surface area contributed by atoms with Gasteiger partial charge in [-0.2, -0.15) is 5.90 Å². The van der Waals surface area contributed by atoms with Crippen molar-refractivity contribution >= 4 is 5.84 Å². The van der Waals surface area contributed by atoms with Crippen LogP contribution in [0.4, 0.5) is 0 Å². The van der Waals surface area contributed by atoms with Gasteiger partial charge in [0.2, 0.25) is 0 Å². The molecular formula is C7H9N3O2. The van der Waals surface area contributed by atoms with Crippen LogP contribution in [0.1, 0.15) is 5.56 Å². The molecule has 0 bridgehead atoms. The fourth-order valence-corrected chi connectivity index (χ4v) is 0.762. The van der Waals surface area contributed by atoms with Crippen LogP contribution in [-0.2, 0) is 0 Å². The molecule has 0 spiro atoms. The van der Waals surface area contributed by atoms with Crippen molar-refractivity contribution in [3.63, 3.8) is 0 Å². The van der Waals surface area contributed by atoms with Gasteiger partial charge in [-0.25, -0.2) is 0 Å². The van der Waals surface area contributed by atoms with Crippen LogP contribution >= 0.6 is 0 Å². The Morgan fingerprint density at radius 2 is 1.92 bits per heavy atom. The number of nitrogens with two attached hydrogens (primary N) is 2. The Morgan fingerprint density at radius 3 is 2.33 bits per heavy atom. The maximum Gasteiger partial charge on any atom is 0.170 e. The lowest BCUT2D eigenvalue weighted by molar-refractivity contribution is 0.318. The number of rotatable bonds is 2. The van der Waals surface area contributed by atoms with Crippen LogP contribution in [0.3, 0.4) is 0 Å². The first-order valence-corrected chi connectivity index (χ1v) is 3.22. The Bertz CT molecular complexity index is 281. The minimum Gasteiger partial charge on any atom is -0.412 e. The molecule has 0 unspecified atom stereocenters. The second-order valence-electron chi connectivity index (χ2n) is 2.13. The van der Waals surface area contributed by atoms with E-state index in [-0.39, 0.29) is 5.84 Å². The van der Waals surface area contributed by atoms with Gasteiger partial charge < -0.3 is 15.8 Å². The molecule has 0 atom stereocenters. The molecule has 0 saturated carbocycles. The van der Waals surface area contributed by atoms with E-state index >= 15 is 0 Å². The molecule has 0 aromatic heterocycles. The summed E-state index contributed by atoms with van der Waals surface area (Å²) in [5.41, 5.74) is 5.92. The number of hydrogen-bond acceptors (Lipinski definition) is 4. The van der Waals surface area contributed by atoms with Gasteiger partial charge in [-0.3, -0.25) is 0 Å². The van der Waals surface area contributed by atoms with E-state index in [9.17, 15) is 0 Å². The molecular weight excluding hydrogens is 158 g/mol. The molecule has 5 heteroatoms. The third-order valence-corrected chi connectivity index (χ3v) is 1.39. The lowest BCUT2D eigenvalue weighted by atomic mass is 10.2. The van der Waals surface area contributed by atoms with Gasteiger partial charge in [0.05, 0.1) is 0 Å². The van der Waals surface area contributed by atoms with E-state index in [0.717, 1.165) is 0 Å². The minimum atomic E-state index is 0.0542. The average molecular weight is 167 g/mol. The summed E-state index contributed by atoms with van der Waals surface area (Å²) in [7, 11) is 0. The Labute approximate surface area is 69.2 Å². The smallest absolute Gasteiger partial charge is 0.170 e. The van der Waals surface area contributed by atoms with Crippen molar-refractivity contribution < 1.29 is 10.0 Å². The molecule has 1 aromatic rings. The highest BCUT2D eigenvalue weighted by Crippen LogP contribution is 2.09. The molecule has 0 radical (unpaired) electrons. The van der Waals surface area contributed by atoms with E-state index in [1.54, 1.807) is 24.3 Å². The summed E-state index contributed by atoms with van der Waals surface area (Å²) in [6.07, 6.45) is 0. The Hall–Kier alpha value is -1.75. The van der Waals surface area contributed by atoms with Gasteiger partial charge in [-0.05, 0) is 24.3 Å². The van der Waals surface area contributed by atoms with Crippen molar-refractivity contribution in [3.05, 3.63) is 29.8 Å². The van der Waals surface area contributed by atoms with E-state index in [1.165, 1.54) is 0 Å². The van der Waals surface area contributed by atoms with Crippen LogP contribution in [0, 0.1) is 0 Å². The summed E-state index contributed by atoms with van der Waals surface area (Å²) in [4.78, 5) is 4.44. The molecule has 5 nitrogen and oxygen atoms in total. The fourth-order valence-electron chi connectivity index (χ4n) is 0.762. The fraction of sp³-hybridized carbons (Fsp3) is 0. The summed E-state index contributed by atoms with van der Waals surface area (Å²) in [6.45, 7) is 0. The first-order chi connectivity index (χ1) is 5.77. The molecule has 0 aliphatic rings. The van der Waals surface area contributed by atoms with Crippen LogP contribution in [-0.4, -0.2) is 11.0 Å². The van der Waals surface area contributed by atoms with Gasteiger partial charge in [-0.15, -0.1) is 0 Å². The molecule has 64 valence electrons. The maximum atomic E-state index is 8.32. The first kappa shape index (κ1) is 8.35. The van der Waals surface area contributed by atoms with Gasteiger partial charge in [-0.1, -0.05) is 5.16 Å². The second-order valence-corrected chi connectivity index (χ2v) is 2.13. The predicted molar refractivity (Wildman–Crippen MR) is 43.8 cm³/mol. The van der Waals surface area contributed by atoms with Gasteiger partial charge in [0.15, 0.2) is 5.84 Å². The predicted octanol–water partition coefficient (Wildman–Crippen LogP) is 0.0336. The highest BCUT2D eigenvalue weighted by atomic mass is 16.6. The van der Waals surface area contributed by atoms with Gasteiger partial charge in [0.1, 0.15) is 5.75 Å². The number of oxime groups is 1. The topological polar surface area (TPSA) is 93.9 Å².